The number of pyridine rings is 1. The first kappa shape index (κ1) is 14.8. The normalized spacial score (nSPS) is 9.67. The highest BCUT2D eigenvalue weighted by molar-refractivity contribution is 6.04. The lowest BCUT2D eigenvalue weighted by molar-refractivity contribution is 0.102. The number of anilines is 1. The second-order valence-electron chi connectivity index (χ2n) is 4.68. The molecule has 4 heteroatoms. The van der Waals surface area contributed by atoms with Crippen LogP contribution in [0.3, 0.4) is 0 Å². The molecule has 1 amide bonds. The molecule has 2 aromatic rings. The molecule has 0 aliphatic rings. The standard InChI is InChI=1S/C17H17N3O/c1-12-5-6-15(10-14(12)4-3-8-18)17(21)20-16-11-19-9-7-13(16)2/h5-7,9-11H,8,18H2,1-2H3,(H,20,21). The van der Waals surface area contributed by atoms with Gasteiger partial charge in [0.1, 0.15) is 0 Å². The highest BCUT2D eigenvalue weighted by Crippen LogP contribution is 2.15. The van der Waals surface area contributed by atoms with E-state index in [1.165, 1.54) is 0 Å². The fraction of sp³-hybridized carbons (Fsp3) is 0.176. The molecular weight excluding hydrogens is 262 g/mol. The van der Waals surface area contributed by atoms with Gasteiger partial charge in [-0.15, -0.1) is 0 Å². The summed E-state index contributed by atoms with van der Waals surface area (Å²) in [5.41, 5.74) is 9.45. The zero-order valence-corrected chi connectivity index (χ0v) is 12.1. The summed E-state index contributed by atoms with van der Waals surface area (Å²) in [6.07, 6.45) is 3.33. The predicted molar refractivity (Wildman–Crippen MR) is 84.0 cm³/mol. The molecule has 3 N–H and O–H groups in total. The average molecular weight is 279 g/mol. The van der Waals surface area contributed by atoms with E-state index in [0.717, 1.165) is 16.7 Å². The van der Waals surface area contributed by atoms with Crippen molar-refractivity contribution in [1.82, 2.24) is 4.98 Å². The summed E-state index contributed by atoms with van der Waals surface area (Å²) in [6, 6.07) is 7.29. The third-order valence-corrected chi connectivity index (χ3v) is 3.11. The molecule has 21 heavy (non-hydrogen) atoms. The Bertz CT molecular complexity index is 726. The highest BCUT2D eigenvalue weighted by Gasteiger charge is 2.09. The molecule has 1 heterocycles. The van der Waals surface area contributed by atoms with E-state index in [4.69, 9.17) is 5.73 Å². The van der Waals surface area contributed by atoms with Crippen molar-refractivity contribution in [3.05, 3.63) is 58.9 Å². The lowest BCUT2D eigenvalue weighted by Gasteiger charge is -2.08. The van der Waals surface area contributed by atoms with Crippen molar-refractivity contribution in [3.8, 4) is 11.8 Å². The summed E-state index contributed by atoms with van der Waals surface area (Å²) in [5, 5.41) is 2.85. The molecule has 1 aromatic heterocycles. The maximum Gasteiger partial charge on any atom is 0.255 e. The van der Waals surface area contributed by atoms with Crippen LogP contribution in [0.1, 0.15) is 27.0 Å². The fourth-order valence-corrected chi connectivity index (χ4v) is 1.83. The van der Waals surface area contributed by atoms with Gasteiger partial charge in [-0.2, -0.15) is 0 Å². The van der Waals surface area contributed by atoms with Crippen LogP contribution in [0, 0.1) is 25.7 Å². The SMILES string of the molecule is Cc1ccc(C(=O)Nc2cnccc2C)cc1C#CCN. The molecule has 0 bridgehead atoms. The summed E-state index contributed by atoms with van der Waals surface area (Å²) in [6.45, 7) is 4.17. The van der Waals surface area contributed by atoms with Crippen LogP contribution in [0.5, 0.6) is 0 Å². The molecule has 0 unspecified atom stereocenters. The van der Waals surface area contributed by atoms with Crippen molar-refractivity contribution < 1.29 is 4.79 Å². The Labute approximate surface area is 124 Å². The third-order valence-electron chi connectivity index (χ3n) is 3.11. The molecule has 0 spiro atoms. The number of hydrogen-bond acceptors (Lipinski definition) is 3. The average Bonchev–Trinajstić information content (AvgIpc) is 2.48. The van der Waals surface area contributed by atoms with Gasteiger partial charge in [0, 0.05) is 17.3 Å². The van der Waals surface area contributed by atoms with Gasteiger partial charge in [-0.3, -0.25) is 9.78 Å². The van der Waals surface area contributed by atoms with E-state index in [9.17, 15) is 4.79 Å². The van der Waals surface area contributed by atoms with Crippen molar-refractivity contribution in [2.24, 2.45) is 5.73 Å². The minimum atomic E-state index is -0.179. The second-order valence-corrected chi connectivity index (χ2v) is 4.68. The van der Waals surface area contributed by atoms with Gasteiger partial charge >= 0.3 is 0 Å². The number of carbonyl (C=O) groups excluding carboxylic acids is 1. The van der Waals surface area contributed by atoms with Gasteiger partial charge in [-0.05, 0) is 43.2 Å². The van der Waals surface area contributed by atoms with Crippen LogP contribution in [0.25, 0.3) is 0 Å². The van der Waals surface area contributed by atoms with Gasteiger partial charge in [-0.25, -0.2) is 0 Å². The summed E-state index contributed by atoms with van der Waals surface area (Å²) >= 11 is 0. The van der Waals surface area contributed by atoms with Crippen LogP contribution in [0.15, 0.2) is 36.7 Å². The number of nitrogens with two attached hydrogens (primary N) is 1. The Balaban J connectivity index is 2.26. The summed E-state index contributed by atoms with van der Waals surface area (Å²) in [5.74, 6) is 5.60. The molecule has 0 saturated carbocycles. The van der Waals surface area contributed by atoms with Gasteiger partial charge in [0.25, 0.3) is 5.91 Å². The largest absolute Gasteiger partial charge is 0.320 e. The molecule has 1 aromatic carbocycles. The minimum absolute atomic E-state index is 0.179. The van der Waals surface area contributed by atoms with E-state index in [1.807, 2.05) is 26.0 Å². The first-order valence-electron chi connectivity index (χ1n) is 6.63. The number of amides is 1. The van der Waals surface area contributed by atoms with Crippen LogP contribution in [-0.2, 0) is 0 Å². The lowest BCUT2D eigenvalue weighted by Crippen LogP contribution is -2.13. The number of hydrogen-bond donors (Lipinski definition) is 2. The van der Waals surface area contributed by atoms with E-state index in [2.05, 4.69) is 22.1 Å². The van der Waals surface area contributed by atoms with Crippen LogP contribution < -0.4 is 11.1 Å². The molecule has 0 aliphatic carbocycles. The number of nitrogens with zero attached hydrogens (tertiary/aromatic N) is 1. The molecule has 2 rings (SSSR count). The van der Waals surface area contributed by atoms with Gasteiger partial charge < -0.3 is 11.1 Å². The smallest absolute Gasteiger partial charge is 0.255 e. The molecule has 0 saturated heterocycles. The summed E-state index contributed by atoms with van der Waals surface area (Å²) in [4.78, 5) is 16.3. The monoisotopic (exact) mass is 279 g/mol. The van der Waals surface area contributed by atoms with Crippen LogP contribution >= 0.6 is 0 Å². The Morgan fingerprint density at radius 3 is 2.81 bits per heavy atom. The molecule has 0 aliphatic heterocycles. The number of aromatic nitrogens is 1. The number of rotatable bonds is 2. The Morgan fingerprint density at radius 2 is 2.10 bits per heavy atom. The van der Waals surface area contributed by atoms with Crippen molar-refractivity contribution >= 4 is 11.6 Å². The number of benzene rings is 1. The Hall–Kier alpha value is -2.64. The van der Waals surface area contributed by atoms with Gasteiger partial charge in [0.15, 0.2) is 0 Å². The van der Waals surface area contributed by atoms with Crippen molar-refractivity contribution in [1.29, 1.82) is 0 Å². The first-order valence-corrected chi connectivity index (χ1v) is 6.63. The number of nitrogens with one attached hydrogen (secondary N) is 1. The van der Waals surface area contributed by atoms with Crippen molar-refractivity contribution in [2.75, 3.05) is 11.9 Å². The fourth-order valence-electron chi connectivity index (χ4n) is 1.83. The Kier molecular flexibility index (Phi) is 4.70. The van der Waals surface area contributed by atoms with Crippen LogP contribution in [0.2, 0.25) is 0 Å². The first-order chi connectivity index (χ1) is 10.1. The van der Waals surface area contributed by atoms with E-state index < -0.39 is 0 Å². The molecular formula is C17H17N3O. The predicted octanol–water partition coefficient (Wildman–Crippen LogP) is 2.26. The molecule has 0 atom stereocenters. The van der Waals surface area contributed by atoms with Gasteiger partial charge in [-0.1, -0.05) is 17.9 Å². The highest BCUT2D eigenvalue weighted by atomic mass is 16.1. The van der Waals surface area contributed by atoms with Gasteiger partial charge in [0.2, 0.25) is 0 Å². The quantitative estimate of drug-likeness (QED) is 0.829. The number of carbonyl (C=O) groups is 1. The molecule has 106 valence electrons. The zero-order chi connectivity index (χ0) is 15.2. The molecule has 4 nitrogen and oxygen atoms in total. The zero-order valence-electron chi connectivity index (χ0n) is 12.1. The summed E-state index contributed by atoms with van der Waals surface area (Å²) in [7, 11) is 0. The maximum atomic E-state index is 12.3. The summed E-state index contributed by atoms with van der Waals surface area (Å²) < 4.78 is 0. The minimum Gasteiger partial charge on any atom is -0.320 e. The van der Waals surface area contributed by atoms with E-state index in [-0.39, 0.29) is 5.91 Å². The van der Waals surface area contributed by atoms with E-state index in [1.54, 1.807) is 24.5 Å². The lowest BCUT2D eigenvalue weighted by atomic mass is 10.0. The molecule has 0 radical (unpaired) electrons. The van der Waals surface area contributed by atoms with Crippen LogP contribution in [0.4, 0.5) is 5.69 Å². The second kappa shape index (κ2) is 6.69. The van der Waals surface area contributed by atoms with Gasteiger partial charge in [0.05, 0.1) is 18.4 Å². The van der Waals surface area contributed by atoms with Crippen molar-refractivity contribution in [3.63, 3.8) is 0 Å². The Morgan fingerprint density at radius 1 is 1.29 bits per heavy atom. The van der Waals surface area contributed by atoms with Crippen molar-refractivity contribution in [2.45, 2.75) is 13.8 Å². The topological polar surface area (TPSA) is 68.0 Å². The van der Waals surface area contributed by atoms with Crippen LogP contribution in [-0.4, -0.2) is 17.4 Å². The molecule has 0 fully saturated rings. The third kappa shape index (κ3) is 3.68. The van der Waals surface area contributed by atoms with E-state index >= 15 is 0 Å². The number of aryl methyl sites for hydroxylation is 2. The maximum absolute atomic E-state index is 12.3. The van der Waals surface area contributed by atoms with E-state index in [0.29, 0.717) is 17.8 Å².